The molecule has 1 unspecified atom stereocenters. The molecule has 3 nitrogen and oxygen atoms in total. The fourth-order valence-corrected chi connectivity index (χ4v) is 2.20. The van der Waals surface area contributed by atoms with Crippen molar-refractivity contribution in [3.05, 3.63) is 29.3 Å². The summed E-state index contributed by atoms with van der Waals surface area (Å²) in [5.41, 5.74) is 2.31. The van der Waals surface area contributed by atoms with Crippen LogP contribution >= 0.6 is 0 Å². The van der Waals surface area contributed by atoms with E-state index in [1.54, 1.807) is 12.1 Å². The number of benzene rings is 1. The van der Waals surface area contributed by atoms with Crippen LogP contribution < -0.4 is 0 Å². The number of rotatable bonds is 2. The average molecular weight is 250 g/mol. The highest BCUT2D eigenvalue weighted by Crippen LogP contribution is 2.28. The summed E-state index contributed by atoms with van der Waals surface area (Å²) >= 11 is 0. The van der Waals surface area contributed by atoms with E-state index in [2.05, 4.69) is 0 Å². The van der Waals surface area contributed by atoms with Gasteiger partial charge in [-0.3, -0.25) is 4.79 Å². The molecule has 0 spiro atoms. The fourth-order valence-electron chi connectivity index (χ4n) is 2.20. The first kappa shape index (κ1) is 14.6. The molecule has 0 saturated heterocycles. The molecule has 0 radical (unpaired) electrons. The van der Waals surface area contributed by atoms with E-state index in [1.165, 1.54) is 0 Å². The van der Waals surface area contributed by atoms with Gasteiger partial charge in [0.25, 0.3) is 0 Å². The van der Waals surface area contributed by atoms with Gasteiger partial charge in [-0.1, -0.05) is 19.9 Å². The number of aromatic hydroxyl groups is 1. The van der Waals surface area contributed by atoms with E-state index in [9.17, 15) is 9.90 Å². The maximum atomic E-state index is 11.6. The molecule has 1 atom stereocenters. The van der Waals surface area contributed by atoms with Gasteiger partial charge in [-0.25, -0.2) is 0 Å². The van der Waals surface area contributed by atoms with Crippen molar-refractivity contribution in [1.82, 2.24) is 0 Å². The number of hydrogen-bond donors (Lipinski definition) is 1. The van der Waals surface area contributed by atoms with Gasteiger partial charge in [-0.2, -0.15) is 0 Å². The van der Waals surface area contributed by atoms with Gasteiger partial charge in [0, 0.05) is 0 Å². The van der Waals surface area contributed by atoms with Gasteiger partial charge in [-0.05, 0) is 49.4 Å². The molecular formula is C15H22O3. The minimum atomic E-state index is -0.0961. The van der Waals surface area contributed by atoms with Crippen LogP contribution in [0.5, 0.6) is 5.75 Å². The fraction of sp³-hybridized carbons (Fsp3) is 0.533. The molecule has 0 bridgehead atoms. The van der Waals surface area contributed by atoms with Gasteiger partial charge < -0.3 is 9.84 Å². The van der Waals surface area contributed by atoms with E-state index < -0.39 is 0 Å². The smallest absolute Gasteiger partial charge is 0.309 e. The van der Waals surface area contributed by atoms with Crippen LogP contribution in [0.3, 0.4) is 0 Å². The zero-order valence-electron chi connectivity index (χ0n) is 11.4. The Morgan fingerprint density at radius 1 is 1.39 bits per heavy atom. The number of phenolic OH excluding ortho intramolecular Hbond substituents is 1. The SMILES string of the molecule is CC.CCOC(=O)C1CCc2cc(O)ccc2C1. The van der Waals surface area contributed by atoms with E-state index in [4.69, 9.17) is 4.74 Å². The molecule has 0 heterocycles. The Morgan fingerprint density at radius 2 is 2.11 bits per heavy atom. The van der Waals surface area contributed by atoms with Crippen LogP contribution in [0.4, 0.5) is 0 Å². The standard InChI is InChI=1S/C13H16O3.C2H6/c1-2-16-13(15)11-4-3-10-8-12(14)6-5-9(10)7-11;1-2/h5-6,8,11,14H,2-4,7H2,1H3;1-2H3. The van der Waals surface area contributed by atoms with Gasteiger partial charge in [-0.15, -0.1) is 0 Å². The molecule has 0 aromatic heterocycles. The van der Waals surface area contributed by atoms with Crippen LogP contribution in [-0.2, 0) is 22.4 Å². The van der Waals surface area contributed by atoms with E-state index in [0.717, 1.165) is 30.4 Å². The van der Waals surface area contributed by atoms with Crippen molar-refractivity contribution >= 4 is 5.97 Å². The summed E-state index contributed by atoms with van der Waals surface area (Å²) in [5, 5.41) is 9.36. The lowest BCUT2D eigenvalue weighted by Gasteiger charge is -2.23. The van der Waals surface area contributed by atoms with Crippen LogP contribution in [0.1, 0.15) is 38.3 Å². The number of fused-ring (bicyclic) bond motifs is 1. The van der Waals surface area contributed by atoms with Crippen LogP contribution in [0.2, 0.25) is 0 Å². The summed E-state index contributed by atoms with van der Waals surface area (Å²) in [6.45, 7) is 6.27. The number of esters is 1. The number of phenols is 1. The van der Waals surface area contributed by atoms with Crippen molar-refractivity contribution < 1.29 is 14.6 Å². The van der Waals surface area contributed by atoms with Gasteiger partial charge in [0.15, 0.2) is 0 Å². The first-order valence-corrected chi connectivity index (χ1v) is 6.68. The number of hydrogen-bond acceptors (Lipinski definition) is 3. The molecule has 0 amide bonds. The first-order valence-electron chi connectivity index (χ1n) is 6.68. The van der Waals surface area contributed by atoms with Crippen molar-refractivity contribution in [3.8, 4) is 5.75 Å². The molecule has 1 aliphatic carbocycles. The van der Waals surface area contributed by atoms with Crippen LogP contribution in [0.15, 0.2) is 18.2 Å². The summed E-state index contributed by atoms with van der Waals surface area (Å²) in [4.78, 5) is 11.6. The summed E-state index contributed by atoms with van der Waals surface area (Å²) in [6, 6.07) is 5.36. The summed E-state index contributed by atoms with van der Waals surface area (Å²) in [6.07, 6.45) is 2.39. The van der Waals surface area contributed by atoms with Crippen molar-refractivity contribution in [3.63, 3.8) is 0 Å². The summed E-state index contributed by atoms with van der Waals surface area (Å²) < 4.78 is 5.03. The molecule has 1 N–H and O–H groups in total. The number of carbonyl (C=O) groups is 1. The van der Waals surface area contributed by atoms with Crippen LogP contribution in [0, 0.1) is 5.92 Å². The lowest BCUT2D eigenvalue weighted by molar-refractivity contribution is -0.148. The van der Waals surface area contributed by atoms with Crippen molar-refractivity contribution in [2.75, 3.05) is 6.61 Å². The molecule has 3 heteroatoms. The zero-order valence-corrected chi connectivity index (χ0v) is 11.4. The molecule has 0 fully saturated rings. The number of carbonyl (C=O) groups excluding carboxylic acids is 1. The van der Waals surface area contributed by atoms with Gasteiger partial charge in [0.2, 0.25) is 0 Å². The first-order chi connectivity index (χ1) is 8.70. The molecule has 0 saturated carbocycles. The number of aryl methyl sites for hydroxylation is 1. The van der Waals surface area contributed by atoms with Gasteiger partial charge in [0.05, 0.1) is 12.5 Å². The second-order valence-electron chi connectivity index (χ2n) is 4.14. The Balaban J connectivity index is 0.000000771. The van der Waals surface area contributed by atoms with Gasteiger partial charge in [0.1, 0.15) is 5.75 Å². The van der Waals surface area contributed by atoms with Crippen LogP contribution in [-0.4, -0.2) is 17.7 Å². The lowest BCUT2D eigenvalue weighted by Crippen LogP contribution is -2.24. The molecule has 100 valence electrons. The second kappa shape index (κ2) is 7.04. The Kier molecular flexibility index (Phi) is 5.69. The average Bonchev–Trinajstić information content (AvgIpc) is 2.40. The highest BCUT2D eigenvalue weighted by Gasteiger charge is 2.25. The van der Waals surface area contributed by atoms with Crippen molar-refractivity contribution in [2.45, 2.75) is 40.0 Å². The summed E-state index contributed by atoms with van der Waals surface area (Å²) in [7, 11) is 0. The minimum absolute atomic E-state index is 0.0167. The Hall–Kier alpha value is -1.51. The topological polar surface area (TPSA) is 46.5 Å². The van der Waals surface area contributed by atoms with E-state index >= 15 is 0 Å². The Labute approximate surface area is 109 Å². The quantitative estimate of drug-likeness (QED) is 0.820. The normalized spacial score (nSPS) is 17.2. The van der Waals surface area contributed by atoms with Gasteiger partial charge >= 0.3 is 5.97 Å². The highest BCUT2D eigenvalue weighted by molar-refractivity contribution is 5.73. The maximum Gasteiger partial charge on any atom is 0.309 e. The predicted octanol–water partition coefficient (Wildman–Crippen LogP) is 3.09. The monoisotopic (exact) mass is 250 g/mol. The zero-order chi connectivity index (χ0) is 13.5. The maximum absolute atomic E-state index is 11.6. The molecular weight excluding hydrogens is 228 g/mol. The van der Waals surface area contributed by atoms with E-state index in [-0.39, 0.29) is 11.9 Å². The molecule has 1 aromatic rings. The molecule has 0 aliphatic heterocycles. The largest absolute Gasteiger partial charge is 0.508 e. The van der Waals surface area contributed by atoms with E-state index in [0.29, 0.717) is 12.4 Å². The molecule has 1 aromatic carbocycles. The third-order valence-corrected chi connectivity index (χ3v) is 3.04. The second-order valence-corrected chi connectivity index (χ2v) is 4.14. The Bertz CT molecular complexity index is 399. The third kappa shape index (κ3) is 3.49. The third-order valence-electron chi connectivity index (χ3n) is 3.04. The van der Waals surface area contributed by atoms with E-state index in [1.807, 2.05) is 26.8 Å². The molecule has 1 aliphatic rings. The van der Waals surface area contributed by atoms with Crippen molar-refractivity contribution in [2.24, 2.45) is 5.92 Å². The minimum Gasteiger partial charge on any atom is -0.508 e. The van der Waals surface area contributed by atoms with Crippen molar-refractivity contribution in [1.29, 1.82) is 0 Å². The highest BCUT2D eigenvalue weighted by atomic mass is 16.5. The number of ether oxygens (including phenoxy) is 1. The molecule has 18 heavy (non-hydrogen) atoms. The van der Waals surface area contributed by atoms with Crippen LogP contribution in [0.25, 0.3) is 0 Å². The Morgan fingerprint density at radius 3 is 2.78 bits per heavy atom. The lowest BCUT2D eigenvalue weighted by atomic mass is 9.84. The molecule has 2 rings (SSSR count). The summed E-state index contributed by atoms with van der Waals surface area (Å²) in [5.74, 6) is 0.187. The predicted molar refractivity (Wildman–Crippen MR) is 71.6 cm³/mol.